The van der Waals surface area contributed by atoms with Crippen LogP contribution in [0.3, 0.4) is 0 Å². The first-order valence-electron chi connectivity index (χ1n) is 12.4. The molecule has 0 spiro atoms. The molecule has 5 rings (SSSR count). The molecule has 1 aliphatic heterocycles. The van der Waals surface area contributed by atoms with Crippen molar-refractivity contribution in [2.45, 2.75) is 26.1 Å². The summed E-state index contributed by atoms with van der Waals surface area (Å²) in [6.07, 6.45) is 0.812. The fourth-order valence-corrected chi connectivity index (χ4v) is 4.74. The summed E-state index contributed by atoms with van der Waals surface area (Å²) in [6, 6.07) is 15.4. The maximum absolute atomic E-state index is 14.4. The number of amides is 1. The van der Waals surface area contributed by atoms with Crippen molar-refractivity contribution in [3.05, 3.63) is 88.6 Å². The van der Waals surface area contributed by atoms with Crippen molar-refractivity contribution in [2.24, 2.45) is 0 Å². The van der Waals surface area contributed by atoms with Gasteiger partial charge in [0.1, 0.15) is 5.69 Å². The molecule has 0 radical (unpaired) electrons. The Morgan fingerprint density at radius 2 is 1.74 bits per heavy atom. The number of carbonyl (C=O) groups is 1. The molecule has 38 heavy (non-hydrogen) atoms. The minimum Gasteiger partial charge on any atom is -0.377 e. The lowest BCUT2D eigenvalue weighted by atomic mass is 9.97. The van der Waals surface area contributed by atoms with E-state index < -0.39 is 11.6 Å². The van der Waals surface area contributed by atoms with E-state index in [0.717, 1.165) is 36.2 Å². The zero-order chi connectivity index (χ0) is 26.8. The van der Waals surface area contributed by atoms with E-state index in [-0.39, 0.29) is 24.2 Å². The van der Waals surface area contributed by atoms with Crippen LogP contribution in [0.25, 0.3) is 22.0 Å². The summed E-state index contributed by atoms with van der Waals surface area (Å²) < 4.78 is 34.3. The van der Waals surface area contributed by atoms with Gasteiger partial charge in [-0.2, -0.15) is 0 Å². The number of nitrogens with zero attached hydrogens (tertiary/aromatic N) is 4. The van der Waals surface area contributed by atoms with Crippen molar-refractivity contribution in [1.29, 1.82) is 0 Å². The average molecular weight is 518 g/mol. The predicted octanol–water partition coefficient (Wildman–Crippen LogP) is 4.78. The highest BCUT2D eigenvalue weighted by Gasteiger charge is 2.27. The van der Waals surface area contributed by atoms with E-state index in [1.54, 1.807) is 23.1 Å². The Hall–Kier alpha value is -3.95. The van der Waals surface area contributed by atoms with Crippen LogP contribution in [0.2, 0.25) is 0 Å². The number of nitrogen functional groups attached to an aromatic ring is 1. The molecule has 9 heteroatoms. The standard InChI is InChI=1S/C29H29F2N5O2/c1-35(2)10-5-11-38-17-21-13-24(30)25(31)14-22(21)18-8-9-26-23(12-18)27(34-29(32)33-26)28(37)36-15-19-6-3-4-7-20(19)16-36/h3-4,6-9,12-14H,5,10-11,15-17H2,1-2H3,(H2,32,33,34). The van der Waals surface area contributed by atoms with E-state index in [9.17, 15) is 13.6 Å². The highest BCUT2D eigenvalue weighted by Crippen LogP contribution is 2.32. The van der Waals surface area contributed by atoms with Crippen LogP contribution >= 0.6 is 0 Å². The molecule has 0 bridgehead atoms. The van der Waals surface area contributed by atoms with Crippen molar-refractivity contribution in [2.75, 3.05) is 33.0 Å². The number of hydrogen-bond donors (Lipinski definition) is 1. The van der Waals surface area contributed by atoms with Crippen LogP contribution < -0.4 is 5.73 Å². The van der Waals surface area contributed by atoms with Gasteiger partial charge in [-0.15, -0.1) is 0 Å². The third kappa shape index (κ3) is 5.34. The van der Waals surface area contributed by atoms with E-state index in [2.05, 4.69) is 14.9 Å². The lowest BCUT2D eigenvalue weighted by Gasteiger charge is -2.17. The Balaban J connectivity index is 1.49. The molecule has 1 aromatic heterocycles. The molecule has 196 valence electrons. The number of aromatic nitrogens is 2. The molecule has 1 aliphatic rings. The number of carbonyl (C=O) groups excluding carboxylic acids is 1. The number of hydrogen-bond acceptors (Lipinski definition) is 6. The van der Waals surface area contributed by atoms with Gasteiger partial charge in [0, 0.05) is 25.1 Å². The molecule has 0 saturated heterocycles. The van der Waals surface area contributed by atoms with E-state index >= 15 is 0 Å². The van der Waals surface area contributed by atoms with Crippen molar-refractivity contribution in [1.82, 2.24) is 19.8 Å². The van der Waals surface area contributed by atoms with E-state index in [0.29, 0.717) is 47.3 Å². The summed E-state index contributed by atoms with van der Waals surface area (Å²) in [4.78, 5) is 25.9. The second kappa shape index (κ2) is 10.8. The molecule has 0 saturated carbocycles. The molecule has 0 unspecified atom stereocenters. The number of halogens is 2. The number of benzene rings is 3. The first kappa shape index (κ1) is 25.7. The molecule has 7 nitrogen and oxygen atoms in total. The van der Waals surface area contributed by atoms with Crippen LogP contribution in [0, 0.1) is 11.6 Å². The van der Waals surface area contributed by atoms with Crippen molar-refractivity contribution in [3.8, 4) is 11.1 Å². The maximum atomic E-state index is 14.4. The largest absolute Gasteiger partial charge is 0.377 e. The van der Waals surface area contributed by atoms with Crippen molar-refractivity contribution < 1.29 is 18.3 Å². The van der Waals surface area contributed by atoms with Crippen LogP contribution in [-0.4, -0.2) is 52.9 Å². The minimum atomic E-state index is -0.962. The SMILES string of the molecule is CN(C)CCCOCc1cc(F)c(F)cc1-c1ccc2nc(N)nc(C(=O)N3Cc4ccccc4C3)c2c1. The molecule has 2 N–H and O–H groups in total. The molecule has 1 amide bonds. The number of nitrogens with two attached hydrogens (primary N) is 1. The Morgan fingerprint density at radius 3 is 2.45 bits per heavy atom. The first-order chi connectivity index (χ1) is 18.3. The summed E-state index contributed by atoms with van der Waals surface area (Å²) in [5.74, 6) is -2.18. The fourth-order valence-electron chi connectivity index (χ4n) is 4.74. The van der Waals surface area contributed by atoms with E-state index in [1.807, 2.05) is 38.4 Å². The normalized spacial score (nSPS) is 12.9. The lowest BCUT2D eigenvalue weighted by molar-refractivity contribution is 0.0747. The Labute approximate surface area is 219 Å². The Kier molecular flexibility index (Phi) is 7.31. The van der Waals surface area contributed by atoms with Gasteiger partial charge in [0.2, 0.25) is 5.95 Å². The smallest absolute Gasteiger partial charge is 0.273 e. The van der Waals surface area contributed by atoms with Crippen LogP contribution in [0.5, 0.6) is 0 Å². The van der Waals surface area contributed by atoms with Crippen LogP contribution in [0.15, 0.2) is 54.6 Å². The van der Waals surface area contributed by atoms with Gasteiger partial charge >= 0.3 is 0 Å². The third-order valence-corrected chi connectivity index (χ3v) is 6.65. The van der Waals surface area contributed by atoms with Gasteiger partial charge in [-0.05, 0) is 79.1 Å². The Bertz CT molecular complexity index is 1480. The van der Waals surface area contributed by atoms with Gasteiger partial charge in [0.05, 0.1) is 12.1 Å². The second-order valence-electron chi connectivity index (χ2n) is 9.73. The third-order valence-electron chi connectivity index (χ3n) is 6.65. The number of anilines is 1. The number of rotatable bonds is 8. The van der Waals surface area contributed by atoms with E-state index in [4.69, 9.17) is 10.5 Å². The highest BCUT2D eigenvalue weighted by atomic mass is 19.2. The second-order valence-corrected chi connectivity index (χ2v) is 9.73. The average Bonchev–Trinajstić information content (AvgIpc) is 3.33. The summed E-state index contributed by atoms with van der Waals surface area (Å²) in [5.41, 5.74) is 10.4. The first-order valence-corrected chi connectivity index (χ1v) is 12.4. The van der Waals surface area contributed by atoms with Gasteiger partial charge in [0.15, 0.2) is 11.6 Å². The number of fused-ring (bicyclic) bond motifs is 2. The lowest BCUT2D eigenvalue weighted by Crippen LogP contribution is -2.27. The monoisotopic (exact) mass is 517 g/mol. The summed E-state index contributed by atoms with van der Waals surface area (Å²) in [5, 5.41) is 0.486. The van der Waals surface area contributed by atoms with E-state index in [1.165, 1.54) is 0 Å². The zero-order valence-electron chi connectivity index (χ0n) is 21.4. The van der Waals surface area contributed by atoms with Gasteiger partial charge in [-0.3, -0.25) is 4.79 Å². The van der Waals surface area contributed by atoms with Gasteiger partial charge in [0.25, 0.3) is 5.91 Å². The molecular weight excluding hydrogens is 488 g/mol. The minimum absolute atomic E-state index is 0.00930. The topological polar surface area (TPSA) is 84.6 Å². The van der Waals surface area contributed by atoms with Crippen molar-refractivity contribution in [3.63, 3.8) is 0 Å². The van der Waals surface area contributed by atoms with Crippen LogP contribution in [0.1, 0.15) is 33.6 Å². The van der Waals surface area contributed by atoms with Crippen LogP contribution in [-0.2, 0) is 24.4 Å². The summed E-state index contributed by atoms with van der Waals surface area (Å²) >= 11 is 0. The zero-order valence-corrected chi connectivity index (χ0v) is 21.4. The van der Waals surface area contributed by atoms with Gasteiger partial charge in [-0.1, -0.05) is 30.3 Å². The molecule has 4 aromatic rings. The summed E-state index contributed by atoms with van der Waals surface area (Å²) in [6.45, 7) is 2.40. The maximum Gasteiger partial charge on any atom is 0.273 e. The highest BCUT2D eigenvalue weighted by molar-refractivity contribution is 6.06. The molecule has 0 atom stereocenters. The molecular formula is C29H29F2N5O2. The van der Waals surface area contributed by atoms with Gasteiger partial charge in [-0.25, -0.2) is 18.7 Å². The molecule has 3 aromatic carbocycles. The quantitative estimate of drug-likeness (QED) is 0.339. The molecule has 0 fully saturated rings. The predicted molar refractivity (Wildman–Crippen MR) is 142 cm³/mol. The Morgan fingerprint density at radius 1 is 1.03 bits per heavy atom. The molecule has 2 heterocycles. The van der Waals surface area contributed by atoms with Gasteiger partial charge < -0.3 is 20.3 Å². The number of ether oxygens (including phenoxy) is 1. The summed E-state index contributed by atoms with van der Waals surface area (Å²) in [7, 11) is 3.96. The fraction of sp³-hybridized carbons (Fsp3) is 0.276. The van der Waals surface area contributed by atoms with Crippen LogP contribution in [0.4, 0.5) is 14.7 Å². The molecule has 0 aliphatic carbocycles. The van der Waals surface area contributed by atoms with Crippen molar-refractivity contribution >= 4 is 22.8 Å².